The fourth-order valence-electron chi connectivity index (χ4n) is 1.44. The van der Waals surface area contributed by atoms with Crippen LogP contribution in [0.2, 0.25) is 0 Å². The van der Waals surface area contributed by atoms with Crippen molar-refractivity contribution in [2.24, 2.45) is 5.73 Å². The number of methoxy groups -OCH3 is 1. The molecule has 1 aliphatic carbocycles. The SMILES string of the molecule is COC(=O)c1ccc(C(N)=C2CC2)cc1. The van der Waals surface area contributed by atoms with Crippen LogP contribution in [0, 0.1) is 0 Å². The van der Waals surface area contributed by atoms with Crippen LogP contribution in [0.5, 0.6) is 0 Å². The third-order valence-corrected chi connectivity index (χ3v) is 2.50. The molecule has 0 spiro atoms. The van der Waals surface area contributed by atoms with Crippen molar-refractivity contribution in [2.75, 3.05) is 7.11 Å². The van der Waals surface area contributed by atoms with E-state index in [1.807, 2.05) is 12.1 Å². The van der Waals surface area contributed by atoms with Gasteiger partial charge in [0.05, 0.1) is 12.7 Å². The van der Waals surface area contributed by atoms with Crippen molar-refractivity contribution < 1.29 is 9.53 Å². The zero-order chi connectivity index (χ0) is 10.8. The van der Waals surface area contributed by atoms with Crippen molar-refractivity contribution in [2.45, 2.75) is 12.8 Å². The first kappa shape index (κ1) is 9.77. The van der Waals surface area contributed by atoms with E-state index in [-0.39, 0.29) is 5.97 Å². The summed E-state index contributed by atoms with van der Waals surface area (Å²) in [6, 6.07) is 7.17. The first-order valence-corrected chi connectivity index (χ1v) is 4.88. The summed E-state index contributed by atoms with van der Waals surface area (Å²) in [5, 5.41) is 0. The highest BCUT2D eigenvalue weighted by Gasteiger charge is 2.16. The second-order valence-corrected chi connectivity index (χ2v) is 3.59. The normalized spacial score (nSPS) is 13.5. The third-order valence-electron chi connectivity index (χ3n) is 2.50. The second kappa shape index (κ2) is 3.77. The van der Waals surface area contributed by atoms with Gasteiger partial charge < -0.3 is 10.5 Å². The number of hydrogen-bond donors (Lipinski definition) is 1. The Balaban J connectivity index is 2.24. The Labute approximate surface area is 88.5 Å². The number of rotatable bonds is 2. The van der Waals surface area contributed by atoms with Gasteiger partial charge in [-0.15, -0.1) is 0 Å². The Kier molecular flexibility index (Phi) is 2.46. The molecule has 78 valence electrons. The van der Waals surface area contributed by atoms with E-state index in [0.717, 1.165) is 24.1 Å². The molecule has 0 aromatic heterocycles. The largest absolute Gasteiger partial charge is 0.465 e. The maximum Gasteiger partial charge on any atom is 0.337 e. The van der Waals surface area contributed by atoms with Crippen molar-refractivity contribution in [3.63, 3.8) is 0 Å². The summed E-state index contributed by atoms with van der Waals surface area (Å²) in [6.45, 7) is 0. The van der Waals surface area contributed by atoms with Crippen LogP contribution in [-0.2, 0) is 4.74 Å². The lowest BCUT2D eigenvalue weighted by molar-refractivity contribution is 0.0601. The zero-order valence-electron chi connectivity index (χ0n) is 8.62. The number of nitrogens with two attached hydrogens (primary N) is 1. The molecule has 1 aromatic rings. The third kappa shape index (κ3) is 2.01. The molecule has 1 fully saturated rings. The van der Waals surface area contributed by atoms with Crippen LogP contribution in [0.15, 0.2) is 29.8 Å². The van der Waals surface area contributed by atoms with Gasteiger partial charge in [-0.25, -0.2) is 4.79 Å². The molecule has 2 rings (SSSR count). The first-order chi connectivity index (χ1) is 7.22. The Bertz CT molecular complexity index is 412. The van der Waals surface area contributed by atoms with E-state index in [4.69, 9.17) is 5.73 Å². The standard InChI is InChI=1S/C12H13NO2/c1-15-12(14)10-6-4-9(5-7-10)11(13)8-2-3-8/h4-7H,2-3,13H2,1H3. The second-order valence-electron chi connectivity index (χ2n) is 3.59. The minimum atomic E-state index is -0.320. The Morgan fingerprint density at radius 3 is 2.20 bits per heavy atom. The van der Waals surface area contributed by atoms with Crippen LogP contribution in [-0.4, -0.2) is 13.1 Å². The zero-order valence-corrected chi connectivity index (χ0v) is 8.62. The smallest absolute Gasteiger partial charge is 0.337 e. The first-order valence-electron chi connectivity index (χ1n) is 4.88. The van der Waals surface area contributed by atoms with Crippen molar-refractivity contribution in [1.82, 2.24) is 0 Å². The Morgan fingerprint density at radius 1 is 1.20 bits per heavy atom. The highest BCUT2D eigenvalue weighted by Crippen LogP contribution is 2.33. The molecule has 0 amide bonds. The lowest BCUT2D eigenvalue weighted by Crippen LogP contribution is -2.02. The summed E-state index contributed by atoms with van der Waals surface area (Å²) in [5.74, 6) is -0.320. The lowest BCUT2D eigenvalue weighted by atomic mass is 10.1. The van der Waals surface area contributed by atoms with Crippen molar-refractivity contribution in [1.29, 1.82) is 0 Å². The van der Waals surface area contributed by atoms with E-state index in [1.165, 1.54) is 12.7 Å². The van der Waals surface area contributed by atoms with Gasteiger partial charge in [0.2, 0.25) is 0 Å². The fourth-order valence-corrected chi connectivity index (χ4v) is 1.44. The summed E-state index contributed by atoms with van der Waals surface area (Å²) in [7, 11) is 1.37. The maximum absolute atomic E-state index is 11.2. The minimum Gasteiger partial charge on any atom is -0.465 e. The van der Waals surface area contributed by atoms with E-state index in [9.17, 15) is 4.79 Å². The highest BCUT2D eigenvalue weighted by molar-refractivity contribution is 5.89. The van der Waals surface area contributed by atoms with Crippen molar-refractivity contribution in [3.8, 4) is 0 Å². The van der Waals surface area contributed by atoms with Gasteiger partial charge >= 0.3 is 5.97 Å². The molecule has 1 saturated carbocycles. The molecule has 0 unspecified atom stereocenters. The average molecular weight is 203 g/mol. The molecule has 0 radical (unpaired) electrons. The van der Waals surface area contributed by atoms with Crippen LogP contribution >= 0.6 is 0 Å². The number of allylic oxidation sites excluding steroid dienone is 1. The predicted octanol–water partition coefficient (Wildman–Crippen LogP) is 1.94. The number of carbonyl (C=O) groups is 1. The summed E-state index contributed by atoms with van der Waals surface area (Å²) in [5.41, 5.74) is 9.61. The number of carbonyl (C=O) groups excluding carboxylic acids is 1. The van der Waals surface area contributed by atoms with E-state index < -0.39 is 0 Å². The van der Waals surface area contributed by atoms with Gasteiger partial charge in [-0.05, 0) is 36.1 Å². The molecule has 0 heterocycles. The Morgan fingerprint density at radius 2 is 1.73 bits per heavy atom. The number of ether oxygens (including phenoxy) is 1. The van der Waals surface area contributed by atoms with E-state index in [0.29, 0.717) is 5.56 Å². The summed E-state index contributed by atoms with van der Waals surface area (Å²) in [6.07, 6.45) is 2.20. The summed E-state index contributed by atoms with van der Waals surface area (Å²) >= 11 is 0. The molecule has 0 aliphatic heterocycles. The fraction of sp³-hybridized carbons (Fsp3) is 0.250. The predicted molar refractivity (Wildman–Crippen MR) is 58.1 cm³/mol. The van der Waals surface area contributed by atoms with Gasteiger partial charge in [-0.2, -0.15) is 0 Å². The van der Waals surface area contributed by atoms with Gasteiger partial charge in [-0.3, -0.25) is 0 Å². The molecule has 0 saturated heterocycles. The van der Waals surface area contributed by atoms with E-state index in [1.54, 1.807) is 12.1 Å². The average Bonchev–Trinajstić information content (AvgIpc) is 3.11. The Hall–Kier alpha value is -1.77. The van der Waals surface area contributed by atoms with Crippen LogP contribution in [0.1, 0.15) is 28.8 Å². The quantitative estimate of drug-likeness (QED) is 0.747. The van der Waals surface area contributed by atoms with Crippen molar-refractivity contribution in [3.05, 3.63) is 41.0 Å². The minimum absolute atomic E-state index is 0.320. The molecule has 1 aliphatic rings. The van der Waals surface area contributed by atoms with Crippen LogP contribution in [0.4, 0.5) is 0 Å². The number of benzene rings is 1. The molecule has 0 atom stereocenters. The van der Waals surface area contributed by atoms with Gasteiger partial charge in [0, 0.05) is 5.70 Å². The molecule has 0 bridgehead atoms. The molecule has 3 heteroatoms. The van der Waals surface area contributed by atoms with Crippen molar-refractivity contribution >= 4 is 11.7 Å². The topological polar surface area (TPSA) is 52.3 Å². The van der Waals surface area contributed by atoms with Crippen LogP contribution in [0.3, 0.4) is 0 Å². The number of hydrogen-bond acceptors (Lipinski definition) is 3. The molecule has 2 N–H and O–H groups in total. The van der Waals surface area contributed by atoms with Gasteiger partial charge in [0.25, 0.3) is 0 Å². The van der Waals surface area contributed by atoms with E-state index >= 15 is 0 Å². The van der Waals surface area contributed by atoms with Gasteiger partial charge in [0.1, 0.15) is 0 Å². The molecule has 3 nitrogen and oxygen atoms in total. The molecular formula is C12H13NO2. The molecule has 15 heavy (non-hydrogen) atoms. The molecular weight excluding hydrogens is 190 g/mol. The van der Waals surface area contributed by atoms with Crippen LogP contribution < -0.4 is 5.73 Å². The van der Waals surface area contributed by atoms with E-state index in [2.05, 4.69) is 4.74 Å². The number of esters is 1. The van der Waals surface area contributed by atoms with Gasteiger partial charge in [-0.1, -0.05) is 12.1 Å². The van der Waals surface area contributed by atoms with Gasteiger partial charge in [0.15, 0.2) is 0 Å². The highest BCUT2D eigenvalue weighted by atomic mass is 16.5. The maximum atomic E-state index is 11.2. The summed E-state index contributed by atoms with van der Waals surface area (Å²) < 4.78 is 4.61. The lowest BCUT2D eigenvalue weighted by Gasteiger charge is -2.02. The monoisotopic (exact) mass is 203 g/mol. The molecule has 1 aromatic carbocycles. The summed E-state index contributed by atoms with van der Waals surface area (Å²) in [4.78, 5) is 11.2. The van der Waals surface area contributed by atoms with Crippen LogP contribution in [0.25, 0.3) is 5.70 Å².